The Labute approximate surface area is 103 Å². The summed E-state index contributed by atoms with van der Waals surface area (Å²) in [5.74, 6) is 0. The molecule has 0 saturated heterocycles. The van der Waals surface area contributed by atoms with Crippen molar-refractivity contribution in [3.05, 3.63) is 48.6 Å². The summed E-state index contributed by atoms with van der Waals surface area (Å²) in [6.07, 6.45) is 1.90. The minimum absolute atomic E-state index is 0.297. The molecule has 3 heteroatoms. The predicted molar refractivity (Wildman–Crippen MR) is 69.5 cm³/mol. The number of benzene rings is 1. The zero-order valence-corrected chi connectivity index (χ0v) is 10.5. The molecule has 2 unspecified atom stereocenters. The lowest BCUT2D eigenvalue weighted by Gasteiger charge is -2.41. The number of hydrogen-bond acceptors (Lipinski definition) is 3. The van der Waals surface area contributed by atoms with Gasteiger partial charge in [0.15, 0.2) is 5.72 Å². The van der Waals surface area contributed by atoms with Crippen molar-refractivity contribution in [2.75, 3.05) is 6.54 Å². The number of nitrogens with one attached hydrogen (secondary N) is 1. The molecule has 1 aromatic rings. The Bertz CT molecular complexity index is 362. The van der Waals surface area contributed by atoms with Crippen LogP contribution in [-0.4, -0.2) is 22.4 Å². The van der Waals surface area contributed by atoms with E-state index >= 15 is 0 Å². The van der Waals surface area contributed by atoms with Gasteiger partial charge in [-0.25, -0.2) is 0 Å². The first-order chi connectivity index (χ1) is 7.98. The van der Waals surface area contributed by atoms with Crippen molar-refractivity contribution in [1.29, 1.82) is 0 Å². The molecular formula is C14H21NO2. The van der Waals surface area contributed by atoms with Crippen LogP contribution in [-0.2, 0) is 5.72 Å². The molecule has 2 atom stereocenters. The highest BCUT2D eigenvalue weighted by Gasteiger charge is 2.45. The van der Waals surface area contributed by atoms with Gasteiger partial charge < -0.3 is 10.2 Å². The molecule has 0 aliphatic rings. The van der Waals surface area contributed by atoms with E-state index in [1.54, 1.807) is 25.1 Å². The highest BCUT2D eigenvalue weighted by atomic mass is 16.4. The van der Waals surface area contributed by atoms with Crippen LogP contribution in [0.5, 0.6) is 0 Å². The van der Waals surface area contributed by atoms with E-state index in [-0.39, 0.29) is 0 Å². The zero-order valence-electron chi connectivity index (χ0n) is 10.5. The summed E-state index contributed by atoms with van der Waals surface area (Å²) in [6, 6.07) is 9.13. The number of rotatable bonds is 6. The Hall–Kier alpha value is -1.16. The fourth-order valence-electron chi connectivity index (χ4n) is 1.97. The van der Waals surface area contributed by atoms with Crippen molar-refractivity contribution in [3.8, 4) is 0 Å². The van der Waals surface area contributed by atoms with Gasteiger partial charge >= 0.3 is 0 Å². The van der Waals surface area contributed by atoms with Gasteiger partial charge in [-0.1, -0.05) is 43.3 Å². The van der Waals surface area contributed by atoms with E-state index in [1.807, 2.05) is 25.1 Å². The summed E-state index contributed by atoms with van der Waals surface area (Å²) in [5.41, 5.74) is -2.14. The van der Waals surface area contributed by atoms with Crippen molar-refractivity contribution in [2.24, 2.45) is 0 Å². The van der Waals surface area contributed by atoms with Crippen LogP contribution in [0.2, 0.25) is 0 Å². The largest absolute Gasteiger partial charge is 0.385 e. The molecule has 0 heterocycles. The van der Waals surface area contributed by atoms with Gasteiger partial charge in [0.05, 0.1) is 0 Å². The summed E-state index contributed by atoms with van der Waals surface area (Å²) in [4.78, 5) is 0. The van der Waals surface area contributed by atoms with Gasteiger partial charge in [0.25, 0.3) is 0 Å². The quantitative estimate of drug-likeness (QED) is 0.520. The molecule has 1 aromatic carbocycles. The summed E-state index contributed by atoms with van der Waals surface area (Å²) < 4.78 is 0. The Morgan fingerprint density at radius 1 is 1.29 bits per heavy atom. The minimum Gasteiger partial charge on any atom is -0.385 e. The number of hydrogen-bond donors (Lipinski definition) is 3. The fourth-order valence-corrected chi connectivity index (χ4v) is 1.97. The summed E-state index contributed by atoms with van der Waals surface area (Å²) in [7, 11) is 0. The average Bonchev–Trinajstić information content (AvgIpc) is 2.30. The van der Waals surface area contributed by atoms with Crippen LogP contribution in [0.4, 0.5) is 0 Å². The van der Waals surface area contributed by atoms with Gasteiger partial charge in [-0.05, 0) is 19.9 Å². The molecule has 0 radical (unpaired) electrons. The molecule has 0 bridgehead atoms. The Morgan fingerprint density at radius 2 is 1.88 bits per heavy atom. The van der Waals surface area contributed by atoms with Crippen LogP contribution in [0.3, 0.4) is 0 Å². The third-order valence-electron chi connectivity index (χ3n) is 2.95. The van der Waals surface area contributed by atoms with Crippen LogP contribution in [0.1, 0.15) is 25.8 Å². The first kappa shape index (κ1) is 13.9. The molecule has 3 N–H and O–H groups in total. The van der Waals surface area contributed by atoms with Crippen molar-refractivity contribution < 1.29 is 10.2 Å². The SMILES string of the molecule is C=CCC(C)(O)C(O)(NCC)c1ccccc1. The number of likely N-dealkylation sites (N-methyl/N-ethyl adjacent to an activating group) is 1. The smallest absolute Gasteiger partial charge is 0.171 e. The normalized spacial score (nSPS) is 18.1. The second-order valence-electron chi connectivity index (χ2n) is 4.37. The monoisotopic (exact) mass is 235 g/mol. The van der Waals surface area contributed by atoms with Gasteiger partial charge in [0.2, 0.25) is 0 Å². The molecule has 3 nitrogen and oxygen atoms in total. The molecule has 0 saturated carbocycles. The third-order valence-corrected chi connectivity index (χ3v) is 2.95. The topological polar surface area (TPSA) is 52.5 Å². The maximum absolute atomic E-state index is 10.7. The van der Waals surface area contributed by atoms with Crippen LogP contribution in [0.15, 0.2) is 43.0 Å². The van der Waals surface area contributed by atoms with Crippen molar-refractivity contribution in [2.45, 2.75) is 31.6 Å². The van der Waals surface area contributed by atoms with Crippen molar-refractivity contribution in [1.82, 2.24) is 5.32 Å². The summed E-state index contributed by atoms with van der Waals surface area (Å²) >= 11 is 0. The first-order valence-electron chi connectivity index (χ1n) is 5.84. The second-order valence-corrected chi connectivity index (χ2v) is 4.37. The van der Waals surface area contributed by atoms with Crippen LogP contribution >= 0.6 is 0 Å². The van der Waals surface area contributed by atoms with E-state index in [2.05, 4.69) is 11.9 Å². The molecule has 0 amide bonds. The van der Waals surface area contributed by atoms with Gasteiger partial charge in [-0.15, -0.1) is 6.58 Å². The predicted octanol–water partition coefficient (Wildman–Crippen LogP) is 1.77. The van der Waals surface area contributed by atoms with Crippen molar-refractivity contribution in [3.63, 3.8) is 0 Å². The lowest BCUT2D eigenvalue weighted by atomic mass is 9.83. The van der Waals surface area contributed by atoms with Crippen molar-refractivity contribution >= 4 is 0 Å². The van der Waals surface area contributed by atoms with E-state index in [1.165, 1.54) is 0 Å². The van der Waals surface area contributed by atoms with Crippen LogP contribution < -0.4 is 5.32 Å². The van der Waals surface area contributed by atoms with Gasteiger partial charge in [-0.3, -0.25) is 5.32 Å². The number of aliphatic hydroxyl groups is 2. The molecule has 0 spiro atoms. The minimum atomic E-state index is -1.47. The third kappa shape index (κ3) is 2.75. The first-order valence-corrected chi connectivity index (χ1v) is 5.84. The lowest BCUT2D eigenvalue weighted by Crippen LogP contribution is -2.58. The molecule has 94 valence electrons. The Kier molecular flexibility index (Phi) is 4.46. The highest BCUT2D eigenvalue weighted by Crippen LogP contribution is 2.33. The lowest BCUT2D eigenvalue weighted by molar-refractivity contribution is -0.166. The van der Waals surface area contributed by atoms with E-state index in [4.69, 9.17) is 0 Å². The molecule has 1 rings (SSSR count). The molecule has 0 aromatic heterocycles. The molecule has 0 fully saturated rings. The second kappa shape index (κ2) is 5.45. The van der Waals surface area contributed by atoms with E-state index < -0.39 is 11.3 Å². The summed E-state index contributed by atoms with van der Waals surface area (Å²) in [6.45, 7) is 7.66. The molecular weight excluding hydrogens is 214 g/mol. The maximum atomic E-state index is 10.7. The molecule has 0 aliphatic carbocycles. The van der Waals surface area contributed by atoms with Gasteiger partial charge in [0.1, 0.15) is 5.60 Å². The fraction of sp³-hybridized carbons (Fsp3) is 0.429. The average molecular weight is 235 g/mol. The van der Waals surface area contributed by atoms with Crippen LogP contribution in [0.25, 0.3) is 0 Å². The van der Waals surface area contributed by atoms with E-state index in [0.717, 1.165) is 0 Å². The molecule has 0 aliphatic heterocycles. The van der Waals surface area contributed by atoms with Crippen LogP contribution in [0, 0.1) is 0 Å². The Morgan fingerprint density at radius 3 is 2.35 bits per heavy atom. The van der Waals surface area contributed by atoms with Gasteiger partial charge in [0, 0.05) is 5.56 Å². The van der Waals surface area contributed by atoms with Gasteiger partial charge in [-0.2, -0.15) is 0 Å². The van der Waals surface area contributed by atoms with E-state index in [0.29, 0.717) is 18.5 Å². The Balaban J connectivity index is 3.17. The highest BCUT2D eigenvalue weighted by molar-refractivity contribution is 5.25. The standard InChI is InChI=1S/C14H21NO2/c1-4-11-13(3,16)14(17,15-5-2)12-9-7-6-8-10-12/h4,6-10,15-17H,1,5,11H2,2-3H3. The van der Waals surface area contributed by atoms with E-state index in [9.17, 15) is 10.2 Å². The maximum Gasteiger partial charge on any atom is 0.171 e. The molecule has 17 heavy (non-hydrogen) atoms. The zero-order chi connectivity index (χ0) is 12.9. The summed E-state index contributed by atoms with van der Waals surface area (Å²) in [5, 5.41) is 24.1.